The molecule has 3 aromatic rings. The van der Waals surface area contributed by atoms with E-state index in [1.807, 2.05) is 49.3 Å². The highest BCUT2D eigenvalue weighted by atomic mass is 19.3. The van der Waals surface area contributed by atoms with Gasteiger partial charge < -0.3 is 20.3 Å². The molecule has 1 aliphatic rings. The van der Waals surface area contributed by atoms with E-state index in [2.05, 4.69) is 21.4 Å². The lowest BCUT2D eigenvalue weighted by molar-refractivity contribution is -0.0498. The SMILES string of the molecule is CN(C)c1nc(N[C@H]2CC[C@@H](CNCc3ccc(OC(F)F)cc3)CC2)nc2ccccc12. The van der Waals surface area contributed by atoms with E-state index in [0.717, 1.165) is 54.5 Å². The number of rotatable bonds is 9. The quantitative estimate of drug-likeness (QED) is 0.470. The number of para-hydroxylation sites is 1. The van der Waals surface area contributed by atoms with Crippen molar-refractivity contribution >= 4 is 22.7 Å². The summed E-state index contributed by atoms with van der Waals surface area (Å²) in [5, 5.41) is 8.11. The molecule has 0 radical (unpaired) electrons. The highest BCUT2D eigenvalue weighted by molar-refractivity contribution is 5.90. The number of aromatic nitrogens is 2. The van der Waals surface area contributed by atoms with Gasteiger partial charge in [-0.2, -0.15) is 13.8 Å². The zero-order valence-electron chi connectivity index (χ0n) is 19.1. The first-order valence-corrected chi connectivity index (χ1v) is 11.4. The van der Waals surface area contributed by atoms with Gasteiger partial charge in [0, 0.05) is 32.1 Å². The van der Waals surface area contributed by atoms with Crippen LogP contribution < -0.4 is 20.3 Å². The van der Waals surface area contributed by atoms with Crippen molar-refractivity contribution in [1.29, 1.82) is 0 Å². The Morgan fingerprint density at radius 1 is 1.00 bits per heavy atom. The Hall–Kier alpha value is -3.00. The molecule has 2 aromatic carbocycles. The van der Waals surface area contributed by atoms with E-state index in [9.17, 15) is 8.78 Å². The molecule has 0 spiro atoms. The molecule has 176 valence electrons. The van der Waals surface area contributed by atoms with E-state index in [1.54, 1.807) is 12.1 Å². The third-order valence-electron chi connectivity index (χ3n) is 6.10. The normalized spacial score (nSPS) is 18.5. The summed E-state index contributed by atoms with van der Waals surface area (Å²) < 4.78 is 28.9. The van der Waals surface area contributed by atoms with E-state index < -0.39 is 6.61 Å². The van der Waals surface area contributed by atoms with Crippen LogP contribution in [0.5, 0.6) is 5.75 Å². The minimum atomic E-state index is -2.79. The number of benzene rings is 2. The van der Waals surface area contributed by atoms with Crippen molar-refractivity contribution in [3.05, 3.63) is 54.1 Å². The molecule has 6 nitrogen and oxygen atoms in total. The highest BCUT2D eigenvalue weighted by Crippen LogP contribution is 2.28. The molecule has 0 atom stereocenters. The number of ether oxygens (including phenoxy) is 1. The summed E-state index contributed by atoms with van der Waals surface area (Å²) in [6.45, 7) is -1.13. The first-order valence-electron chi connectivity index (χ1n) is 11.4. The average molecular weight is 456 g/mol. The van der Waals surface area contributed by atoms with Crippen LogP contribution in [0.15, 0.2) is 48.5 Å². The van der Waals surface area contributed by atoms with Gasteiger partial charge >= 0.3 is 6.61 Å². The van der Waals surface area contributed by atoms with Crippen LogP contribution in [0, 0.1) is 5.92 Å². The first kappa shape index (κ1) is 23.2. The molecule has 0 amide bonds. The molecular formula is C25H31F2N5O. The van der Waals surface area contributed by atoms with Crippen LogP contribution in [0.2, 0.25) is 0 Å². The third kappa shape index (κ3) is 6.28. The van der Waals surface area contributed by atoms with Gasteiger partial charge in [-0.15, -0.1) is 0 Å². The molecule has 4 rings (SSSR count). The molecule has 8 heteroatoms. The zero-order valence-corrected chi connectivity index (χ0v) is 19.1. The monoisotopic (exact) mass is 455 g/mol. The third-order valence-corrected chi connectivity index (χ3v) is 6.10. The summed E-state index contributed by atoms with van der Waals surface area (Å²) in [6, 6.07) is 15.3. The second-order valence-electron chi connectivity index (χ2n) is 8.80. The Bertz CT molecular complexity index is 1040. The lowest BCUT2D eigenvalue weighted by Gasteiger charge is -2.29. The maximum Gasteiger partial charge on any atom is 0.387 e. The molecule has 0 unspecified atom stereocenters. The number of fused-ring (bicyclic) bond motifs is 1. The molecule has 1 heterocycles. The summed E-state index contributed by atoms with van der Waals surface area (Å²) in [6.07, 6.45) is 4.44. The van der Waals surface area contributed by atoms with Gasteiger partial charge in [-0.1, -0.05) is 24.3 Å². The Morgan fingerprint density at radius 3 is 2.42 bits per heavy atom. The number of anilines is 2. The molecule has 1 aromatic heterocycles. The predicted octanol–water partition coefficient (Wildman–Crippen LogP) is 5.06. The topological polar surface area (TPSA) is 62.3 Å². The second kappa shape index (κ2) is 10.7. The fraction of sp³-hybridized carbons (Fsp3) is 0.440. The van der Waals surface area contributed by atoms with E-state index in [0.29, 0.717) is 24.5 Å². The number of halogens is 2. The van der Waals surface area contributed by atoms with Gasteiger partial charge in [0.2, 0.25) is 5.95 Å². The van der Waals surface area contributed by atoms with Gasteiger partial charge in [-0.3, -0.25) is 0 Å². The first-order chi connectivity index (χ1) is 16.0. The number of nitrogens with one attached hydrogen (secondary N) is 2. The van der Waals surface area contributed by atoms with Crippen LogP contribution in [-0.4, -0.2) is 43.3 Å². The molecule has 0 bridgehead atoms. The van der Waals surface area contributed by atoms with Gasteiger partial charge in [0.25, 0.3) is 0 Å². The molecule has 1 saturated carbocycles. The maximum absolute atomic E-state index is 12.2. The fourth-order valence-corrected chi connectivity index (χ4v) is 4.37. The molecular weight excluding hydrogens is 424 g/mol. The van der Waals surface area contributed by atoms with Crippen molar-refractivity contribution in [2.45, 2.75) is 44.9 Å². The fourth-order valence-electron chi connectivity index (χ4n) is 4.37. The van der Waals surface area contributed by atoms with E-state index in [4.69, 9.17) is 9.97 Å². The Balaban J connectivity index is 1.24. The van der Waals surface area contributed by atoms with E-state index in [-0.39, 0.29) is 5.75 Å². The Morgan fingerprint density at radius 2 is 1.73 bits per heavy atom. The lowest BCUT2D eigenvalue weighted by atomic mass is 9.86. The lowest BCUT2D eigenvalue weighted by Crippen LogP contribution is -2.31. The summed E-state index contributed by atoms with van der Waals surface area (Å²) in [7, 11) is 4.00. The number of hydrogen-bond donors (Lipinski definition) is 2. The van der Waals surface area contributed by atoms with Crippen LogP contribution in [0.1, 0.15) is 31.2 Å². The van der Waals surface area contributed by atoms with Gasteiger partial charge in [0.1, 0.15) is 11.6 Å². The number of hydrogen-bond acceptors (Lipinski definition) is 6. The summed E-state index contributed by atoms with van der Waals surface area (Å²) in [5.74, 6) is 2.43. The Labute approximate surface area is 193 Å². The van der Waals surface area contributed by atoms with Crippen molar-refractivity contribution < 1.29 is 13.5 Å². The molecule has 1 fully saturated rings. The number of alkyl halides is 2. The van der Waals surface area contributed by atoms with E-state index >= 15 is 0 Å². The van der Waals surface area contributed by atoms with Gasteiger partial charge in [-0.25, -0.2) is 4.98 Å². The molecule has 1 aliphatic carbocycles. The van der Waals surface area contributed by atoms with Crippen molar-refractivity contribution in [2.75, 3.05) is 30.9 Å². The standard InChI is InChI=1S/C25H31F2N5O/c1-32(2)23-21-5-3-4-6-22(21)30-25(31-23)29-19-11-7-17(8-12-19)15-28-16-18-9-13-20(14-10-18)33-24(26)27/h3-6,9-10,13-14,17,19,24,28H,7-8,11-12,15-16H2,1-2H3,(H,29,30,31)/t17-,19+. The largest absolute Gasteiger partial charge is 0.435 e. The van der Waals surface area contributed by atoms with Crippen LogP contribution in [-0.2, 0) is 6.54 Å². The zero-order chi connectivity index (χ0) is 23.2. The van der Waals surface area contributed by atoms with Gasteiger partial charge in [0.15, 0.2) is 0 Å². The van der Waals surface area contributed by atoms with Crippen molar-refractivity contribution in [2.24, 2.45) is 5.92 Å². The highest BCUT2D eigenvalue weighted by Gasteiger charge is 2.22. The summed E-state index contributed by atoms with van der Waals surface area (Å²) in [5.41, 5.74) is 2.00. The smallest absolute Gasteiger partial charge is 0.387 e. The molecule has 2 N–H and O–H groups in total. The van der Waals surface area contributed by atoms with E-state index in [1.165, 1.54) is 0 Å². The second-order valence-corrected chi connectivity index (χ2v) is 8.80. The number of nitrogens with zero attached hydrogens (tertiary/aromatic N) is 3. The summed E-state index contributed by atoms with van der Waals surface area (Å²) >= 11 is 0. The van der Waals surface area contributed by atoms with Gasteiger partial charge in [0.05, 0.1) is 5.52 Å². The van der Waals surface area contributed by atoms with Crippen LogP contribution in [0.3, 0.4) is 0 Å². The predicted molar refractivity (Wildman–Crippen MR) is 128 cm³/mol. The molecule has 0 aliphatic heterocycles. The van der Waals surface area contributed by atoms with Gasteiger partial charge in [-0.05, 0) is 68.0 Å². The Kier molecular flexibility index (Phi) is 7.54. The average Bonchev–Trinajstić information content (AvgIpc) is 2.80. The molecule has 0 saturated heterocycles. The van der Waals surface area contributed by atoms with Crippen LogP contribution in [0.4, 0.5) is 20.5 Å². The minimum absolute atomic E-state index is 0.188. The minimum Gasteiger partial charge on any atom is -0.435 e. The van der Waals surface area contributed by atoms with Crippen molar-refractivity contribution in [3.8, 4) is 5.75 Å². The summed E-state index contributed by atoms with van der Waals surface area (Å²) in [4.78, 5) is 11.5. The van der Waals surface area contributed by atoms with Crippen molar-refractivity contribution in [3.63, 3.8) is 0 Å². The van der Waals surface area contributed by atoms with Crippen LogP contribution in [0.25, 0.3) is 10.9 Å². The maximum atomic E-state index is 12.2. The molecule has 33 heavy (non-hydrogen) atoms. The van der Waals surface area contributed by atoms with Crippen LogP contribution >= 0.6 is 0 Å². The van der Waals surface area contributed by atoms with Crippen molar-refractivity contribution in [1.82, 2.24) is 15.3 Å².